The summed E-state index contributed by atoms with van der Waals surface area (Å²) >= 11 is 0.970. The topological polar surface area (TPSA) is 72.2 Å². The van der Waals surface area contributed by atoms with Crippen LogP contribution in [0.25, 0.3) is 0 Å². The Morgan fingerprint density at radius 1 is 1.80 bits per heavy atom. The molecule has 1 atom stereocenters. The van der Waals surface area contributed by atoms with Gasteiger partial charge < -0.3 is 11.1 Å². The second-order valence-corrected chi connectivity index (χ2v) is 3.19. The number of primary amides is 1. The van der Waals surface area contributed by atoms with Crippen LogP contribution in [0.3, 0.4) is 0 Å². The van der Waals surface area contributed by atoms with Gasteiger partial charge in [0.1, 0.15) is 0 Å². The van der Waals surface area contributed by atoms with Crippen molar-refractivity contribution in [2.24, 2.45) is 5.73 Å². The molecule has 5 heteroatoms. The summed E-state index contributed by atoms with van der Waals surface area (Å²) in [7, 11) is 0. The van der Waals surface area contributed by atoms with E-state index >= 15 is 0 Å². The maximum absolute atomic E-state index is 10.6. The van der Waals surface area contributed by atoms with Crippen LogP contribution in [0, 0.1) is 0 Å². The SMILES string of the molecule is NC(=O)C1CCNC(=O)S1. The highest BCUT2D eigenvalue weighted by Gasteiger charge is 2.23. The van der Waals surface area contributed by atoms with E-state index in [1.807, 2.05) is 0 Å². The third-order valence-electron chi connectivity index (χ3n) is 1.24. The molecule has 0 aromatic heterocycles. The molecule has 1 heterocycles. The lowest BCUT2D eigenvalue weighted by Gasteiger charge is -2.17. The Morgan fingerprint density at radius 3 is 2.90 bits per heavy atom. The molecule has 0 aliphatic carbocycles. The van der Waals surface area contributed by atoms with E-state index in [2.05, 4.69) is 5.32 Å². The summed E-state index contributed by atoms with van der Waals surface area (Å²) < 4.78 is 0. The number of hydrogen-bond donors (Lipinski definition) is 2. The number of amides is 2. The lowest BCUT2D eigenvalue weighted by molar-refractivity contribution is -0.117. The van der Waals surface area contributed by atoms with Crippen molar-refractivity contribution in [1.29, 1.82) is 0 Å². The van der Waals surface area contributed by atoms with Gasteiger partial charge in [0.05, 0.1) is 5.25 Å². The van der Waals surface area contributed by atoms with Gasteiger partial charge in [-0.2, -0.15) is 0 Å². The van der Waals surface area contributed by atoms with Crippen LogP contribution in [0.1, 0.15) is 6.42 Å². The van der Waals surface area contributed by atoms with Crippen LogP contribution in [0.5, 0.6) is 0 Å². The number of nitrogens with one attached hydrogen (secondary N) is 1. The number of carbonyl (C=O) groups excluding carboxylic acids is 2. The summed E-state index contributed by atoms with van der Waals surface area (Å²) in [6.45, 7) is 0.555. The van der Waals surface area contributed by atoms with Gasteiger partial charge in [0.15, 0.2) is 0 Å². The molecule has 1 rings (SSSR count). The first-order chi connectivity index (χ1) is 4.70. The maximum atomic E-state index is 10.6. The summed E-state index contributed by atoms with van der Waals surface area (Å²) in [5.74, 6) is -0.403. The first-order valence-electron chi connectivity index (χ1n) is 2.94. The monoisotopic (exact) mass is 160 g/mol. The zero-order valence-corrected chi connectivity index (χ0v) is 6.11. The van der Waals surface area contributed by atoms with Gasteiger partial charge in [0.2, 0.25) is 5.91 Å². The van der Waals surface area contributed by atoms with E-state index in [9.17, 15) is 9.59 Å². The van der Waals surface area contributed by atoms with Crippen molar-refractivity contribution in [3.05, 3.63) is 0 Å². The Balaban J connectivity index is 2.47. The zero-order valence-electron chi connectivity index (χ0n) is 5.29. The van der Waals surface area contributed by atoms with Crippen molar-refractivity contribution >= 4 is 22.9 Å². The van der Waals surface area contributed by atoms with Crippen LogP contribution in [0.2, 0.25) is 0 Å². The van der Waals surface area contributed by atoms with Crippen molar-refractivity contribution in [2.75, 3.05) is 6.54 Å². The minimum atomic E-state index is -0.403. The summed E-state index contributed by atoms with van der Waals surface area (Å²) in [5, 5.41) is 2.10. The van der Waals surface area contributed by atoms with Crippen LogP contribution in [0.15, 0.2) is 0 Å². The van der Waals surface area contributed by atoms with Crippen LogP contribution >= 0.6 is 11.8 Å². The molecule has 1 unspecified atom stereocenters. The average molecular weight is 160 g/mol. The quantitative estimate of drug-likeness (QED) is 0.552. The molecule has 10 heavy (non-hydrogen) atoms. The highest BCUT2D eigenvalue weighted by atomic mass is 32.2. The third kappa shape index (κ3) is 1.63. The Morgan fingerprint density at radius 2 is 2.50 bits per heavy atom. The number of hydrogen-bond acceptors (Lipinski definition) is 3. The Hall–Kier alpha value is -0.710. The molecule has 1 aliphatic heterocycles. The van der Waals surface area contributed by atoms with Gasteiger partial charge in [0.25, 0.3) is 5.24 Å². The molecule has 1 saturated heterocycles. The minimum Gasteiger partial charge on any atom is -0.369 e. The van der Waals surface area contributed by atoms with E-state index in [1.165, 1.54) is 0 Å². The fourth-order valence-electron chi connectivity index (χ4n) is 0.735. The molecule has 0 aromatic rings. The number of thioether (sulfide) groups is 1. The third-order valence-corrected chi connectivity index (χ3v) is 2.35. The van der Waals surface area contributed by atoms with E-state index in [0.717, 1.165) is 11.8 Å². The van der Waals surface area contributed by atoms with Gasteiger partial charge in [-0.05, 0) is 6.42 Å². The molecule has 0 bridgehead atoms. The fraction of sp³-hybridized carbons (Fsp3) is 0.600. The van der Waals surface area contributed by atoms with Crippen LogP contribution in [0.4, 0.5) is 4.79 Å². The van der Waals surface area contributed by atoms with Crippen LogP contribution < -0.4 is 11.1 Å². The smallest absolute Gasteiger partial charge is 0.279 e. The molecule has 2 amide bonds. The highest BCUT2D eigenvalue weighted by Crippen LogP contribution is 2.18. The second-order valence-electron chi connectivity index (χ2n) is 2.01. The molecular weight excluding hydrogens is 152 g/mol. The van der Waals surface area contributed by atoms with Gasteiger partial charge in [0, 0.05) is 6.54 Å². The molecule has 3 N–H and O–H groups in total. The first-order valence-corrected chi connectivity index (χ1v) is 3.82. The van der Waals surface area contributed by atoms with Crippen LogP contribution in [-0.2, 0) is 4.79 Å². The molecular formula is C5H8N2O2S. The summed E-state index contributed by atoms with van der Waals surface area (Å²) in [6, 6.07) is 0. The molecule has 0 spiro atoms. The average Bonchev–Trinajstić information content (AvgIpc) is 1.88. The van der Waals surface area contributed by atoms with Crippen molar-refractivity contribution in [1.82, 2.24) is 5.32 Å². The van der Waals surface area contributed by atoms with Gasteiger partial charge in [-0.25, -0.2) is 0 Å². The van der Waals surface area contributed by atoms with E-state index in [1.54, 1.807) is 0 Å². The van der Waals surface area contributed by atoms with E-state index in [0.29, 0.717) is 13.0 Å². The van der Waals surface area contributed by atoms with Gasteiger partial charge in [-0.3, -0.25) is 9.59 Å². The molecule has 56 valence electrons. The highest BCUT2D eigenvalue weighted by molar-refractivity contribution is 8.14. The van der Waals surface area contributed by atoms with Crippen LogP contribution in [-0.4, -0.2) is 22.9 Å². The maximum Gasteiger partial charge on any atom is 0.279 e. The summed E-state index contributed by atoms with van der Waals surface area (Å²) in [5.41, 5.74) is 4.99. The molecule has 4 nitrogen and oxygen atoms in total. The predicted molar refractivity (Wildman–Crippen MR) is 38.6 cm³/mol. The largest absolute Gasteiger partial charge is 0.369 e. The summed E-state index contributed by atoms with van der Waals surface area (Å²) in [6.07, 6.45) is 0.645. The van der Waals surface area contributed by atoms with E-state index in [4.69, 9.17) is 5.73 Å². The molecule has 0 saturated carbocycles. The number of carbonyl (C=O) groups is 2. The fourth-order valence-corrected chi connectivity index (χ4v) is 1.53. The van der Waals surface area contributed by atoms with Crippen molar-refractivity contribution in [3.8, 4) is 0 Å². The Kier molecular flexibility index (Phi) is 2.16. The molecule has 0 aromatic carbocycles. The van der Waals surface area contributed by atoms with Crippen molar-refractivity contribution < 1.29 is 9.59 Å². The Labute approximate surface area is 62.5 Å². The van der Waals surface area contributed by atoms with Crippen molar-refractivity contribution in [2.45, 2.75) is 11.7 Å². The number of nitrogens with two attached hydrogens (primary N) is 1. The Bertz CT molecular complexity index is 169. The lowest BCUT2D eigenvalue weighted by Crippen LogP contribution is -2.37. The number of rotatable bonds is 1. The molecule has 1 aliphatic rings. The van der Waals surface area contributed by atoms with Gasteiger partial charge >= 0.3 is 0 Å². The predicted octanol–water partition coefficient (Wildman–Crippen LogP) is -0.313. The second kappa shape index (κ2) is 2.92. The van der Waals surface area contributed by atoms with E-state index in [-0.39, 0.29) is 10.5 Å². The lowest BCUT2D eigenvalue weighted by atomic mass is 10.3. The minimum absolute atomic E-state index is 0.157. The standard InChI is InChI=1S/C5H8N2O2S/c6-4(8)3-1-2-7-5(9)10-3/h3H,1-2H2,(H2,6,8)(H,7,9). The van der Waals surface area contributed by atoms with Gasteiger partial charge in [-0.15, -0.1) is 0 Å². The normalized spacial score (nSPS) is 25.6. The zero-order chi connectivity index (χ0) is 7.56. The van der Waals surface area contributed by atoms with Crippen molar-refractivity contribution in [3.63, 3.8) is 0 Å². The van der Waals surface area contributed by atoms with E-state index < -0.39 is 5.91 Å². The summed E-state index contributed by atoms with van der Waals surface area (Å²) in [4.78, 5) is 21.1. The van der Waals surface area contributed by atoms with Gasteiger partial charge in [-0.1, -0.05) is 11.8 Å². The molecule has 0 radical (unpaired) electrons. The molecule has 1 fully saturated rings. The first kappa shape index (κ1) is 7.40.